The van der Waals surface area contributed by atoms with Crippen molar-refractivity contribution in [2.24, 2.45) is 0 Å². The van der Waals surface area contributed by atoms with Gasteiger partial charge in [-0.1, -0.05) is 12.1 Å². The number of hydrogen-bond acceptors (Lipinski definition) is 2. The van der Waals surface area contributed by atoms with Gasteiger partial charge in [0.1, 0.15) is 0 Å². The van der Waals surface area contributed by atoms with Gasteiger partial charge in [-0.2, -0.15) is 0 Å². The van der Waals surface area contributed by atoms with E-state index in [9.17, 15) is 4.79 Å². The van der Waals surface area contributed by atoms with E-state index in [1.54, 1.807) is 0 Å². The minimum atomic E-state index is 0.0177. The zero-order chi connectivity index (χ0) is 14.7. The number of rotatable bonds is 3. The molecule has 114 valence electrons. The second-order valence-corrected chi connectivity index (χ2v) is 6.19. The summed E-state index contributed by atoms with van der Waals surface area (Å²) in [6, 6.07) is 8.61. The van der Waals surface area contributed by atoms with Crippen LogP contribution in [0.1, 0.15) is 38.5 Å². The van der Waals surface area contributed by atoms with Crippen LogP contribution in [-0.2, 0) is 0 Å². The van der Waals surface area contributed by atoms with E-state index in [1.165, 1.54) is 25.7 Å². The van der Waals surface area contributed by atoms with Gasteiger partial charge in [-0.05, 0) is 50.7 Å². The highest BCUT2D eigenvalue weighted by atomic mass is 16.2. The van der Waals surface area contributed by atoms with Gasteiger partial charge >= 0.3 is 6.03 Å². The molecule has 2 aliphatic rings. The van der Waals surface area contributed by atoms with Crippen molar-refractivity contribution in [1.29, 1.82) is 0 Å². The van der Waals surface area contributed by atoms with Crippen LogP contribution in [-0.4, -0.2) is 37.1 Å². The van der Waals surface area contributed by atoms with Crippen LogP contribution < -0.4 is 10.2 Å². The van der Waals surface area contributed by atoms with Crippen LogP contribution in [0, 0.1) is 0 Å². The molecule has 2 fully saturated rings. The first-order valence-electron chi connectivity index (χ1n) is 8.13. The minimum absolute atomic E-state index is 0.0177. The molecule has 0 aromatic heterocycles. The smallest absolute Gasteiger partial charge is 0.321 e. The van der Waals surface area contributed by atoms with Gasteiger partial charge in [-0.3, -0.25) is 0 Å². The van der Waals surface area contributed by atoms with Crippen LogP contribution in [0.25, 0.3) is 0 Å². The molecule has 1 aromatic rings. The van der Waals surface area contributed by atoms with Gasteiger partial charge in [0.2, 0.25) is 0 Å². The van der Waals surface area contributed by atoms with Crippen molar-refractivity contribution < 1.29 is 4.79 Å². The lowest BCUT2D eigenvalue weighted by molar-refractivity contribution is 0.169. The predicted molar refractivity (Wildman–Crippen MR) is 86.9 cm³/mol. The van der Waals surface area contributed by atoms with E-state index in [-0.39, 0.29) is 6.03 Å². The topological polar surface area (TPSA) is 35.6 Å². The van der Waals surface area contributed by atoms with Gasteiger partial charge in [0.05, 0.1) is 11.4 Å². The van der Waals surface area contributed by atoms with Crippen LogP contribution in [0.5, 0.6) is 0 Å². The first kappa shape index (κ1) is 14.2. The van der Waals surface area contributed by atoms with E-state index in [4.69, 9.17) is 0 Å². The molecule has 0 unspecified atom stereocenters. The van der Waals surface area contributed by atoms with Gasteiger partial charge in [0.25, 0.3) is 0 Å². The molecular weight excluding hydrogens is 262 g/mol. The molecule has 1 aliphatic heterocycles. The van der Waals surface area contributed by atoms with Crippen LogP contribution in [0.15, 0.2) is 24.3 Å². The largest absolute Gasteiger partial charge is 0.370 e. The molecule has 21 heavy (non-hydrogen) atoms. The zero-order valence-corrected chi connectivity index (χ0v) is 12.8. The molecule has 1 aromatic carbocycles. The Morgan fingerprint density at radius 1 is 1.14 bits per heavy atom. The van der Waals surface area contributed by atoms with Gasteiger partial charge < -0.3 is 15.1 Å². The number of benzene rings is 1. The molecule has 1 aliphatic carbocycles. The fourth-order valence-corrected chi connectivity index (χ4v) is 3.13. The minimum Gasteiger partial charge on any atom is -0.370 e. The lowest BCUT2D eigenvalue weighted by Crippen LogP contribution is -2.43. The third-order valence-corrected chi connectivity index (χ3v) is 4.79. The number of carbonyl (C=O) groups excluding carboxylic acids is 1. The molecule has 3 rings (SSSR count). The van der Waals surface area contributed by atoms with Crippen molar-refractivity contribution in [3.8, 4) is 0 Å². The predicted octanol–water partition coefficient (Wildman–Crippen LogP) is 3.69. The standard InChI is InChI=1S/C17H25N3O/c1-19(14-8-7-9-14)17(21)18-15-10-3-4-11-16(15)20-12-5-2-6-13-20/h3-4,10-11,14H,2,5-9,12-13H2,1H3,(H,18,21). The van der Waals surface area contributed by atoms with Crippen LogP contribution >= 0.6 is 0 Å². The van der Waals surface area contributed by atoms with Gasteiger partial charge in [-0.15, -0.1) is 0 Å². The summed E-state index contributed by atoms with van der Waals surface area (Å²) in [5, 5.41) is 3.10. The van der Waals surface area contributed by atoms with Crippen molar-refractivity contribution in [3.05, 3.63) is 24.3 Å². The summed E-state index contributed by atoms with van der Waals surface area (Å²) in [7, 11) is 1.91. The maximum absolute atomic E-state index is 12.4. The Kier molecular flexibility index (Phi) is 4.32. The first-order valence-corrected chi connectivity index (χ1v) is 8.13. The maximum Gasteiger partial charge on any atom is 0.321 e. The second kappa shape index (κ2) is 6.37. The number of nitrogens with zero attached hydrogens (tertiary/aromatic N) is 2. The third-order valence-electron chi connectivity index (χ3n) is 4.79. The van der Waals surface area contributed by atoms with E-state index in [0.29, 0.717) is 6.04 Å². The van der Waals surface area contributed by atoms with Crippen molar-refractivity contribution in [1.82, 2.24) is 4.90 Å². The van der Waals surface area contributed by atoms with E-state index in [1.807, 2.05) is 24.1 Å². The first-order chi connectivity index (χ1) is 10.3. The quantitative estimate of drug-likeness (QED) is 0.920. The monoisotopic (exact) mass is 287 g/mol. The number of anilines is 2. The lowest BCUT2D eigenvalue weighted by Gasteiger charge is -2.35. The summed E-state index contributed by atoms with van der Waals surface area (Å²) in [4.78, 5) is 16.6. The van der Waals surface area contributed by atoms with Crippen LogP contribution in [0.3, 0.4) is 0 Å². The van der Waals surface area contributed by atoms with Gasteiger partial charge in [0.15, 0.2) is 0 Å². The zero-order valence-electron chi connectivity index (χ0n) is 12.8. The molecule has 0 bridgehead atoms. The number of urea groups is 1. The number of piperidine rings is 1. The van der Waals surface area contributed by atoms with E-state index in [2.05, 4.69) is 22.3 Å². The molecule has 0 spiro atoms. The van der Waals surface area contributed by atoms with Gasteiger partial charge in [0, 0.05) is 26.2 Å². The van der Waals surface area contributed by atoms with Gasteiger partial charge in [-0.25, -0.2) is 4.79 Å². The van der Waals surface area contributed by atoms with Crippen molar-refractivity contribution in [2.75, 3.05) is 30.4 Å². The number of nitrogens with one attached hydrogen (secondary N) is 1. The Hall–Kier alpha value is -1.71. The van der Waals surface area contributed by atoms with E-state index < -0.39 is 0 Å². The highest BCUT2D eigenvalue weighted by Crippen LogP contribution is 2.29. The summed E-state index contributed by atoms with van der Waals surface area (Å²) in [6.45, 7) is 2.18. The summed E-state index contributed by atoms with van der Waals surface area (Å²) >= 11 is 0. The molecule has 4 heteroatoms. The second-order valence-electron chi connectivity index (χ2n) is 6.19. The molecule has 0 radical (unpaired) electrons. The molecule has 1 saturated carbocycles. The molecule has 1 heterocycles. The fraction of sp³-hybridized carbons (Fsp3) is 0.588. The number of para-hydroxylation sites is 2. The summed E-state index contributed by atoms with van der Waals surface area (Å²) < 4.78 is 0. The Labute approximate surface area is 127 Å². The number of hydrogen-bond donors (Lipinski definition) is 1. The summed E-state index contributed by atoms with van der Waals surface area (Å²) in [6.07, 6.45) is 7.31. The normalized spacial score (nSPS) is 19.0. The van der Waals surface area contributed by atoms with E-state index >= 15 is 0 Å². The highest BCUT2D eigenvalue weighted by Gasteiger charge is 2.26. The number of carbonyl (C=O) groups is 1. The van der Waals surface area contributed by atoms with Crippen molar-refractivity contribution >= 4 is 17.4 Å². The average Bonchev–Trinajstić information content (AvgIpc) is 2.47. The maximum atomic E-state index is 12.4. The molecule has 0 atom stereocenters. The Balaban J connectivity index is 1.70. The number of amides is 2. The Morgan fingerprint density at radius 2 is 1.86 bits per heavy atom. The summed E-state index contributed by atoms with van der Waals surface area (Å²) in [5.41, 5.74) is 2.10. The molecular formula is C17H25N3O. The highest BCUT2D eigenvalue weighted by molar-refractivity contribution is 5.93. The molecule has 1 N–H and O–H groups in total. The Morgan fingerprint density at radius 3 is 2.52 bits per heavy atom. The summed E-state index contributed by atoms with van der Waals surface area (Å²) in [5.74, 6) is 0. The Bertz CT molecular complexity index is 493. The van der Waals surface area contributed by atoms with Crippen LogP contribution in [0.4, 0.5) is 16.2 Å². The van der Waals surface area contributed by atoms with E-state index in [0.717, 1.165) is 37.3 Å². The van der Waals surface area contributed by atoms with Crippen molar-refractivity contribution in [3.63, 3.8) is 0 Å². The van der Waals surface area contributed by atoms with Crippen LogP contribution in [0.2, 0.25) is 0 Å². The molecule has 4 nitrogen and oxygen atoms in total. The fourth-order valence-electron chi connectivity index (χ4n) is 3.13. The average molecular weight is 287 g/mol. The third kappa shape index (κ3) is 3.14. The van der Waals surface area contributed by atoms with Crippen molar-refractivity contribution in [2.45, 2.75) is 44.6 Å². The SMILES string of the molecule is CN(C(=O)Nc1ccccc1N1CCCCC1)C1CCC1. The molecule has 2 amide bonds. The molecule has 1 saturated heterocycles. The lowest BCUT2D eigenvalue weighted by atomic mass is 9.92.